The molecule has 11 nitrogen and oxygen atoms in total. The second-order valence-electron chi connectivity index (χ2n) is 7.14. The van der Waals surface area contributed by atoms with E-state index in [0.717, 1.165) is 0 Å². The number of nitrogens with one attached hydrogen (secondary N) is 2. The van der Waals surface area contributed by atoms with Crippen molar-refractivity contribution >= 4 is 41.4 Å². The first kappa shape index (κ1) is 25.7. The number of hydrogen-bond donors (Lipinski definition) is 5. The minimum Gasteiger partial charge on any atom is -0.481 e. The minimum absolute atomic E-state index is 0.0373. The second kappa shape index (κ2) is 12.4. The van der Waals surface area contributed by atoms with Crippen molar-refractivity contribution in [1.82, 2.24) is 15.5 Å². The third kappa shape index (κ3) is 7.82. The first-order chi connectivity index (χ1) is 14.1. The van der Waals surface area contributed by atoms with Crippen LogP contribution in [0, 0.1) is 0 Å². The molecule has 1 heterocycles. The Hall–Kier alpha value is -2.34. The number of hydrogen-bond acceptors (Lipinski definition) is 7. The summed E-state index contributed by atoms with van der Waals surface area (Å²) >= 11 is 1.46. The number of carboxylic acid groups (broad SMARTS) is 2. The zero-order valence-electron chi connectivity index (χ0n) is 17.1. The second-order valence-corrected chi connectivity index (χ2v) is 8.13. The SMILES string of the molecule is CSCCC(NC(=O)C(C)NC(=O)C1CCCN1C(=O)C(N)CCC(=O)O)C(=O)O. The Morgan fingerprint density at radius 2 is 1.83 bits per heavy atom. The number of carbonyl (C=O) groups is 5. The van der Waals surface area contributed by atoms with Crippen LogP contribution in [0.15, 0.2) is 0 Å². The fraction of sp³-hybridized carbons (Fsp3) is 0.722. The molecule has 1 aliphatic rings. The maximum absolute atomic E-state index is 12.6. The van der Waals surface area contributed by atoms with E-state index in [9.17, 15) is 29.1 Å². The molecule has 4 unspecified atom stereocenters. The average Bonchev–Trinajstić information content (AvgIpc) is 3.17. The van der Waals surface area contributed by atoms with Gasteiger partial charge in [0.1, 0.15) is 18.1 Å². The van der Waals surface area contributed by atoms with Gasteiger partial charge in [0.2, 0.25) is 17.7 Å². The normalized spacial score (nSPS) is 18.9. The van der Waals surface area contributed by atoms with E-state index in [4.69, 9.17) is 10.8 Å². The van der Waals surface area contributed by atoms with Gasteiger partial charge in [0, 0.05) is 13.0 Å². The zero-order chi connectivity index (χ0) is 22.8. The highest BCUT2D eigenvalue weighted by atomic mass is 32.2. The maximum atomic E-state index is 12.6. The van der Waals surface area contributed by atoms with Crippen molar-refractivity contribution in [1.29, 1.82) is 0 Å². The van der Waals surface area contributed by atoms with E-state index < -0.39 is 53.8 Å². The molecule has 1 rings (SSSR count). The fourth-order valence-corrected chi connectivity index (χ4v) is 3.55. The Labute approximate surface area is 179 Å². The van der Waals surface area contributed by atoms with Crippen LogP contribution in [0.1, 0.15) is 39.0 Å². The van der Waals surface area contributed by atoms with Crippen molar-refractivity contribution in [3.63, 3.8) is 0 Å². The van der Waals surface area contributed by atoms with E-state index in [1.165, 1.54) is 23.6 Å². The third-order valence-corrected chi connectivity index (χ3v) is 5.45. The average molecular weight is 447 g/mol. The molecular formula is C18H30N4O7S. The molecule has 0 spiro atoms. The molecule has 0 aromatic rings. The van der Waals surface area contributed by atoms with E-state index in [0.29, 0.717) is 25.1 Å². The van der Waals surface area contributed by atoms with Crippen LogP contribution >= 0.6 is 11.8 Å². The lowest BCUT2D eigenvalue weighted by Gasteiger charge is -2.27. The highest BCUT2D eigenvalue weighted by molar-refractivity contribution is 7.98. The van der Waals surface area contributed by atoms with Crippen LogP contribution in [0.5, 0.6) is 0 Å². The number of aliphatic carboxylic acids is 2. The van der Waals surface area contributed by atoms with E-state index in [1.54, 1.807) is 0 Å². The lowest BCUT2D eigenvalue weighted by molar-refractivity contribution is -0.143. The summed E-state index contributed by atoms with van der Waals surface area (Å²) in [6.45, 7) is 1.74. The molecule has 0 radical (unpaired) electrons. The highest BCUT2D eigenvalue weighted by Crippen LogP contribution is 2.19. The van der Waals surface area contributed by atoms with Gasteiger partial charge in [-0.15, -0.1) is 0 Å². The molecule has 30 heavy (non-hydrogen) atoms. The Morgan fingerprint density at radius 3 is 2.40 bits per heavy atom. The predicted octanol–water partition coefficient (Wildman–Crippen LogP) is -1.00. The molecule has 0 aromatic carbocycles. The van der Waals surface area contributed by atoms with Gasteiger partial charge >= 0.3 is 11.9 Å². The Morgan fingerprint density at radius 1 is 1.17 bits per heavy atom. The minimum atomic E-state index is -1.15. The van der Waals surface area contributed by atoms with Gasteiger partial charge in [0.05, 0.1) is 6.04 Å². The molecule has 0 saturated carbocycles. The largest absolute Gasteiger partial charge is 0.481 e. The number of thioether (sulfide) groups is 1. The summed E-state index contributed by atoms with van der Waals surface area (Å²) < 4.78 is 0. The first-order valence-electron chi connectivity index (χ1n) is 9.68. The number of nitrogens with two attached hydrogens (primary N) is 1. The van der Waals surface area contributed by atoms with Gasteiger partial charge in [-0.3, -0.25) is 19.2 Å². The van der Waals surface area contributed by atoms with Crippen molar-refractivity contribution in [3.8, 4) is 0 Å². The smallest absolute Gasteiger partial charge is 0.326 e. The van der Waals surface area contributed by atoms with Crippen molar-refractivity contribution in [2.75, 3.05) is 18.6 Å². The van der Waals surface area contributed by atoms with Crippen molar-refractivity contribution in [2.24, 2.45) is 5.73 Å². The van der Waals surface area contributed by atoms with Crippen LogP contribution in [0.3, 0.4) is 0 Å². The van der Waals surface area contributed by atoms with Gasteiger partial charge in [0.15, 0.2) is 0 Å². The van der Waals surface area contributed by atoms with E-state index in [1.807, 2.05) is 6.26 Å². The molecule has 0 aromatic heterocycles. The van der Waals surface area contributed by atoms with Crippen LogP contribution in [0.25, 0.3) is 0 Å². The van der Waals surface area contributed by atoms with Gasteiger partial charge in [0.25, 0.3) is 0 Å². The molecule has 1 aliphatic heterocycles. The van der Waals surface area contributed by atoms with Crippen LogP contribution in [-0.2, 0) is 24.0 Å². The number of amides is 3. The van der Waals surface area contributed by atoms with Crippen LogP contribution < -0.4 is 16.4 Å². The number of nitrogens with zero attached hydrogens (tertiary/aromatic N) is 1. The standard InChI is InChI=1S/C18H30N4O7S/c1-10(15(25)21-12(18(28)29)7-9-30-2)20-16(26)13-4-3-8-22(13)17(27)11(19)5-6-14(23)24/h10-13H,3-9,19H2,1-2H3,(H,20,26)(H,21,25)(H,23,24)(H,28,29). The number of carbonyl (C=O) groups excluding carboxylic acids is 3. The summed E-state index contributed by atoms with van der Waals surface area (Å²) in [4.78, 5) is 60.6. The van der Waals surface area contributed by atoms with E-state index in [2.05, 4.69) is 10.6 Å². The van der Waals surface area contributed by atoms with Gasteiger partial charge < -0.3 is 31.5 Å². The molecular weight excluding hydrogens is 416 g/mol. The topological polar surface area (TPSA) is 179 Å². The molecule has 3 amide bonds. The monoisotopic (exact) mass is 446 g/mol. The molecule has 0 bridgehead atoms. The summed E-state index contributed by atoms with van der Waals surface area (Å²) in [5, 5.41) is 22.9. The molecule has 12 heteroatoms. The van der Waals surface area contributed by atoms with E-state index in [-0.39, 0.29) is 19.3 Å². The highest BCUT2D eigenvalue weighted by Gasteiger charge is 2.37. The van der Waals surface area contributed by atoms with Gasteiger partial charge in [-0.1, -0.05) is 0 Å². The third-order valence-electron chi connectivity index (χ3n) is 4.80. The summed E-state index contributed by atoms with van der Waals surface area (Å²) in [6.07, 6.45) is 2.75. The van der Waals surface area contributed by atoms with Gasteiger partial charge in [-0.05, 0) is 44.6 Å². The quantitative estimate of drug-likeness (QED) is 0.251. The molecule has 4 atom stereocenters. The zero-order valence-corrected chi connectivity index (χ0v) is 17.9. The lowest BCUT2D eigenvalue weighted by Crippen LogP contribution is -2.55. The van der Waals surface area contributed by atoms with Crippen LogP contribution in [-0.4, -0.2) is 87.5 Å². The van der Waals surface area contributed by atoms with Crippen molar-refractivity contribution < 1.29 is 34.2 Å². The van der Waals surface area contributed by atoms with Gasteiger partial charge in [-0.2, -0.15) is 11.8 Å². The maximum Gasteiger partial charge on any atom is 0.326 e. The van der Waals surface area contributed by atoms with E-state index >= 15 is 0 Å². The predicted molar refractivity (Wildman–Crippen MR) is 110 cm³/mol. The molecule has 0 aliphatic carbocycles. The van der Waals surface area contributed by atoms with Crippen LogP contribution in [0.2, 0.25) is 0 Å². The van der Waals surface area contributed by atoms with Crippen molar-refractivity contribution in [3.05, 3.63) is 0 Å². The lowest BCUT2D eigenvalue weighted by atomic mass is 10.1. The summed E-state index contributed by atoms with van der Waals surface area (Å²) in [5.41, 5.74) is 5.77. The number of carboxylic acids is 2. The van der Waals surface area contributed by atoms with Gasteiger partial charge in [-0.25, -0.2) is 4.79 Å². The van der Waals surface area contributed by atoms with Crippen molar-refractivity contribution in [2.45, 2.75) is 63.2 Å². The van der Waals surface area contributed by atoms with Crippen LogP contribution in [0.4, 0.5) is 0 Å². The fourth-order valence-electron chi connectivity index (χ4n) is 3.08. The molecule has 6 N–H and O–H groups in total. The molecule has 1 fully saturated rings. The Kier molecular flexibility index (Phi) is 10.6. The first-order valence-corrected chi connectivity index (χ1v) is 11.1. The number of rotatable bonds is 12. The summed E-state index contributed by atoms with van der Waals surface area (Å²) in [6, 6.07) is -3.88. The number of likely N-dealkylation sites (tertiary alicyclic amines) is 1. The molecule has 1 saturated heterocycles. The summed E-state index contributed by atoms with van der Waals surface area (Å²) in [5.74, 6) is -3.34. The summed E-state index contributed by atoms with van der Waals surface area (Å²) in [7, 11) is 0. The Bertz CT molecular complexity index is 660. The Balaban J connectivity index is 2.66. The molecule has 170 valence electrons.